The van der Waals surface area contributed by atoms with E-state index in [0.29, 0.717) is 11.1 Å². The number of hydrogen-bond acceptors (Lipinski definition) is 4. The quantitative estimate of drug-likeness (QED) is 0.430. The van der Waals surface area contributed by atoms with Crippen LogP contribution < -0.4 is 4.74 Å². The van der Waals surface area contributed by atoms with Crippen LogP contribution in [-0.2, 0) is 4.79 Å². The standard InChI is InChI=1S/C23H18F3N3O3/c1-23(2,22(30)31)11-32-20-6-4-13(10-27-20)12-3-5-14(15(24)7-12)21-28-18-8-16(25)17(26)9-19(18)29-21/h3-10H,11H2,1-2H3,(H,28,29)(H,30,31). The number of H-pyrrole nitrogens is 1. The van der Waals surface area contributed by atoms with Crippen molar-refractivity contribution in [1.82, 2.24) is 15.0 Å². The van der Waals surface area contributed by atoms with Crippen molar-refractivity contribution < 1.29 is 27.8 Å². The fourth-order valence-electron chi connectivity index (χ4n) is 2.97. The number of carbonyl (C=O) groups is 1. The molecule has 9 heteroatoms. The van der Waals surface area contributed by atoms with Gasteiger partial charge in [0.1, 0.15) is 18.2 Å². The van der Waals surface area contributed by atoms with E-state index in [4.69, 9.17) is 9.84 Å². The Balaban J connectivity index is 1.55. The van der Waals surface area contributed by atoms with Crippen LogP contribution in [0.5, 0.6) is 5.88 Å². The second-order valence-corrected chi connectivity index (χ2v) is 7.93. The van der Waals surface area contributed by atoms with Crippen molar-refractivity contribution >= 4 is 17.0 Å². The summed E-state index contributed by atoms with van der Waals surface area (Å²) >= 11 is 0. The molecular formula is C23H18F3N3O3. The molecule has 0 atom stereocenters. The zero-order valence-electron chi connectivity index (χ0n) is 17.1. The third-order valence-electron chi connectivity index (χ3n) is 4.98. The minimum Gasteiger partial charge on any atom is -0.481 e. The normalized spacial score (nSPS) is 11.7. The molecular weight excluding hydrogens is 423 g/mol. The first-order valence-corrected chi connectivity index (χ1v) is 9.61. The zero-order chi connectivity index (χ0) is 23.0. The molecule has 164 valence electrons. The molecule has 0 radical (unpaired) electrons. The van der Waals surface area contributed by atoms with Crippen molar-refractivity contribution in [2.75, 3.05) is 6.61 Å². The van der Waals surface area contributed by atoms with Gasteiger partial charge in [-0.1, -0.05) is 6.07 Å². The molecule has 4 aromatic rings. The SMILES string of the molecule is CC(C)(COc1ccc(-c2ccc(-c3nc4cc(F)c(F)cc4[nH]3)c(F)c2)cn1)C(=O)O. The number of fused-ring (bicyclic) bond motifs is 1. The van der Waals surface area contributed by atoms with Crippen LogP contribution in [0.3, 0.4) is 0 Å². The van der Waals surface area contributed by atoms with E-state index in [1.54, 1.807) is 32.0 Å². The number of nitrogens with one attached hydrogen (secondary N) is 1. The van der Waals surface area contributed by atoms with Gasteiger partial charge in [0.2, 0.25) is 5.88 Å². The number of ether oxygens (including phenoxy) is 1. The third kappa shape index (κ3) is 4.14. The number of carboxylic acid groups (broad SMARTS) is 1. The van der Waals surface area contributed by atoms with Crippen molar-refractivity contribution in [2.24, 2.45) is 5.41 Å². The van der Waals surface area contributed by atoms with Crippen LogP contribution >= 0.6 is 0 Å². The molecule has 6 nitrogen and oxygen atoms in total. The van der Waals surface area contributed by atoms with Crippen molar-refractivity contribution in [1.29, 1.82) is 0 Å². The fourth-order valence-corrected chi connectivity index (χ4v) is 2.97. The average molecular weight is 441 g/mol. The van der Waals surface area contributed by atoms with E-state index in [1.165, 1.54) is 18.3 Å². The monoisotopic (exact) mass is 441 g/mol. The van der Waals surface area contributed by atoms with Crippen molar-refractivity contribution in [2.45, 2.75) is 13.8 Å². The van der Waals surface area contributed by atoms with E-state index in [-0.39, 0.29) is 34.9 Å². The summed E-state index contributed by atoms with van der Waals surface area (Å²) in [4.78, 5) is 22.2. The summed E-state index contributed by atoms with van der Waals surface area (Å²) < 4.78 is 47.1. The van der Waals surface area contributed by atoms with Gasteiger partial charge in [0, 0.05) is 30.0 Å². The summed E-state index contributed by atoms with van der Waals surface area (Å²) in [6, 6.07) is 9.64. The number of aromatic nitrogens is 3. The first-order valence-electron chi connectivity index (χ1n) is 9.61. The van der Waals surface area contributed by atoms with Crippen LogP contribution in [0.15, 0.2) is 48.7 Å². The second-order valence-electron chi connectivity index (χ2n) is 7.93. The van der Waals surface area contributed by atoms with Gasteiger partial charge in [0.15, 0.2) is 11.6 Å². The summed E-state index contributed by atoms with van der Waals surface area (Å²) in [5.74, 6) is -3.21. The molecule has 32 heavy (non-hydrogen) atoms. The summed E-state index contributed by atoms with van der Waals surface area (Å²) in [6.45, 7) is 3.04. The van der Waals surface area contributed by atoms with Gasteiger partial charge in [-0.05, 0) is 37.6 Å². The summed E-state index contributed by atoms with van der Waals surface area (Å²) in [7, 11) is 0. The molecule has 0 unspecified atom stereocenters. The molecule has 0 aliphatic carbocycles. The fraction of sp³-hybridized carbons (Fsp3) is 0.174. The van der Waals surface area contributed by atoms with Gasteiger partial charge in [-0.15, -0.1) is 0 Å². The Labute approximate surface area is 180 Å². The smallest absolute Gasteiger partial charge is 0.312 e. The maximum Gasteiger partial charge on any atom is 0.312 e. The molecule has 0 spiro atoms. The van der Waals surface area contributed by atoms with Gasteiger partial charge in [-0.3, -0.25) is 4.79 Å². The minimum atomic E-state index is -1.06. The average Bonchev–Trinajstić information content (AvgIpc) is 3.15. The molecule has 0 aliphatic rings. The minimum absolute atomic E-state index is 0.0523. The highest BCUT2D eigenvalue weighted by Crippen LogP contribution is 2.29. The van der Waals surface area contributed by atoms with Gasteiger partial charge in [-0.2, -0.15) is 0 Å². The van der Waals surface area contributed by atoms with E-state index in [9.17, 15) is 18.0 Å². The Bertz CT molecular complexity index is 1280. The Hall–Kier alpha value is -3.88. The van der Waals surface area contributed by atoms with Gasteiger partial charge in [0.05, 0.1) is 22.0 Å². The number of hydrogen-bond donors (Lipinski definition) is 2. The van der Waals surface area contributed by atoms with Crippen LogP contribution in [0.1, 0.15) is 13.8 Å². The molecule has 0 fully saturated rings. The predicted octanol–water partition coefficient (Wildman–Crippen LogP) is 5.20. The van der Waals surface area contributed by atoms with Gasteiger partial charge >= 0.3 is 5.97 Å². The highest BCUT2D eigenvalue weighted by Gasteiger charge is 2.28. The number of pyridine rings is 1. The van der Waals surface area contributed by atoms with E-state index in [2.05, 4.69) is 15.0 Å². The van der Waals surface area contributed by atoms with Crippen molar-refractivity contribution in [3.63, 3.8) is 0 Å². The summed E-state index contributed by atoms with van der Waals surface area (Å²) in [6.07, 6.45) is 1.49. The summed E-state index contributed by atoms with van der Waals surface area (Å²) in [5.41, 5.74) is 0.697. The van der Waals surface area contributed by atoms with Crippen LogP contribution in [0.2, 0.25) is 0 Å². The number of aliphatic carboxylic acids is 1. The number of carboxylic acids is 1. The van der Waals surface area contributed by atoms with Crippen LogP contribution in [0, 0.1) is 22.9 Å². The van der Waals surface area contributed by atoms with Crippen LogP contribution in [0.25, 0.3) is 33.5 Å². The van der Waals surface area contributed by atoms with Crippen LogP contribution in [0.4, 0.5) is 13.2 Å². The number of aromatic amines is 1. The van der Waals surface area contributed by atoms with Gasteiger partial charge in [-0.25, -0.2) is 23.1 Å². The van der Waals surface area contributed by atoms with Crippen molar-refractivity contribution in [3.05, 3.63) is 66.1 Å². The number of imidazole rings is 1. The molecule has 0 amide bonds. The molecule has 0 saturated heterocycles. The second kappa shape index (κ2) is 7.99. The Morgan fingerprint density at radius 3 is 2.41 bits per heavy atom. The Kier molecular flexibility index (Phi) is 5.33. The highest BCUT2D eigenvalue weighted by molar-refractivity contribution is 5.80. The van der Waals surface area contributed by atoms with Crippen LogP contribution in [-0.4, -0.2) is 32.6 Å². The largest absolute Gasteiger partial charge is 0.481 e. The van der Waals surface area contributed by atoms with E-state index < -0.39 is 28.8 Å². The number of rotatable bonds is 6. The number of benzene rings is 2. The number of nitrogens with zero attached hydrogens (tertiary/aromatic N) is 2. The topological polar surface area (TPSA) is 88.1 Å². The lowest BCUT2D eigenvalue weighted by Gasteiger charge is -2.19. The lowest BCUT2D eigenvalue weighted by atomic mass is 9.95. The zero-order valence-corrected chi connectivity index (χ0v) is 17.1. The molecule has 0 saturated carbocycles. The first kappa shape index (κ1) is 21.4. The van der Waals surface area contributed by atoms with E-state index in [0.717, 1.165) is 12.1 Å². The highest BCUT2D eigenvalue weighted by atomic mass is 19.2. The first-order chi connectivity index (χ1) is 15.1. The van der Waals surface area contributed by atoms with Gasteiger partial charge < -0.3 is 14.8 Å². The molecule has 2 aromatic carbocycles. The summed E-state index contributed by atoms with van der Waals surface area (Å²) in [5, 5.41) is 9.13. The molecule has 2 aromatic heterocycles. The predicted molar refractivity (Wildman–Crippen MR) is 112 cm³/mol. The lowest BCUT2D eigenvalue weighted by molar-refractivity contribution is -0.148. The third-order valence-corrected chi connectivity index (χ3v) is 4.98. The van der Waals surface area contributed by atoms with E-state index in [1.807, 2.05) is 0 Å². The lowest BCUT2D eigenvalue weighted by Crippen LogP contribution is -2.30. The van der Waals surface area contributed by atoms with E-state index >= 15 is 0 Å². The molecule has 0 bridgehead atoms. The molecule has 0 aliphatic heterocycles. The molecule has 4 rings (SSSR count). The molecule has 2 heterocycles. The number of halogens is 3. The van der Waals surface area contributed by atoms with Crippen molar-refractivity contribution in [3.8, 4) is 28.4 Å². The molecule has 2 N–H and O–H groups in total. The van der Waals surface area contributed by atoms with Gasteiger partial charge in [0.25, 0.3) is 0 Å². The maximum absolute atomic E-state index is 14.8. The Morgan fingerprint density at radius 1 is 1.03 bits per heavy atom. The maximum atomic E-state index is 14.8. The Morgan fingerprint density at radius 2 is 1.75 bits per heavy atom.